The molecule has 1 saturated carbocycles. The molecule has 2 atom stereocenters. The van der Waals surface area contributed by atoms with Gasteiger partial charge in [0.25, 0.3) is 0 Å². The molecule has 82 valence electrons. The molecular weight excluding hydrogens is 254 g/mol. The van der Waals surface area contributed by atoms with E-state index in [2.05, 4.69) is 26.2 Å². The van der Waals surface area contributed by atoms with Crippen LogP contribution < -0.4 is 11.1 Å². The molecule has 1 fully saturated rings. The number of nitrogens with two attached hydrogens (primary N) is 1. The molecule has 2 rings (SSSR count). The van der Waals surface area contributed by atoms with Gasteiger partial charge < -0.3 is 11.1 Å². The fraction of sp³-hybridized carbons (Fsp3) is 0.545. The minimum atomic E-state index is 0.368. The van der Waals surface area contributed by atoms with Crippen LogP contribution in [-0.4, -0.2) is 17.6 Å². The van der Waals surface area contributed by atoms with Crippen molar-refractivity contribution in [1.82, 2.24) is 4.98 Å². The first kappa shape index (κ1) is 10.9. The number of anilines is 1. The molecule has 0 amide bonds. The van der Waals surface area contributed by atoms with Crippen LogP contribution in [0, 0.1) is 5.92 Å². The van der Waals surface area contributed by atoms with Crippen molar-refractivity contribution in [3.63, 3.8) is 0 Å². The fourth-order valence-corrected chi connectivity index (χ4v) is 2.27. The highest BCUT2D eigenvalue weighted by molar-refractivity contribution is 9.10. The van der Waals surface area contributed by atoms with Crippen molar-refractivity contribution in [2.75, 3.05) is 11.9 Å². The average molecular weight is 270 g/mol. The topological polar surface area (TPSA) is 50.9 Å². The normalized spacial score (nSPS) is 25.5. The molecule has 0 saturated heterocycles. The Morgan fingerprint density at radius 1 is 1.47 bits per heavy atom. The van der Waals surface area contributed by atoms with Gasteiger partial charge in [0.1, 0.15) is 5.82 Å². The Morgan fingerprint density at radius 3 is 2.93 bits per heavy atom. The van der Waals surface area contributed by atoms with Crippen molar-refractivity contribution in [2.45, 2.75) is 25.3 Å². The van der Waals surface area contributed by atoms with Gasteiger partial charge in [-0.2, -0.15) is 0 Å². The Morgan fingerprint density at radius 2 is 2.33 bits per heavy atom. The second-order valence-electron chi connectivity index (χ2n) is 4.10. The zero-order valence-electron chi connectivity index (χ0n) is 8.62. The van der Waals surface area contributed by atoms with Gasteiger partial charge in [-0.25, -0.2) is 4.98 Å². The van der Waals surface area contributed by atoms with E-state index in [9.17, 15) is 0 Å². The molecule has 0 aromatic carbocycles. The third-order valence-electron chi connectivity index (χ3n) is 2.99. The van der Waals surface area contributed by atoms with Crippen LogP contribution in [0.15, 0.2) is 22.8 Å². The van der Waals surface area contributed by atoms with E-state index in [-0.39, 0.29) is 0 Å². The summed E-state index contributed by atoms with van der Waals surface area (Å²) in [5.41, 5.74) is 6.00. The summed E-state index contributed by atoms with van der Waals surface area (Å²) in [6.07, 6.45) is 5.48. The first-order valence-electron chi connectivity index (χ1n) is 5.37. The second kappa shape index (κ2) is 4.94. The van der Waals surface area contributed by atoms with E-state index in [0.717, 1.165) is 16.8 Å². The molecule has 15 heavy (non-hydrogen) atoms. The third kappa shape index (κ3) is 2.92. The molecule has 1 heterocycles. The van der Waals surface area contributed by atoms with E-state index >= 15 is 0 Å². The monoisotopic (exact) mass is 269 g/mol. The fourth-order valence-electron chi connectivity index (χ4n) is 2.04. The van der Waals surface area contributed by atoms with Gasteiger partial charge in [0.15, 0.2) is 0 Å². The largest absolute Gasteiger partial charge is 0.370 e. The molecule has 4 heteroatoms. The quantitative estimate of drug-likeness (QED) is 0.886. The molecule has 0 radical (unpaired) electrons. The van der Waals surface area contributed by atoms with Gasteiger partial charge in [-0.1, -0.05) is 6.42 Å². The highest BCUT2D eigenvalue weighted by atomic mass is 79.9. The summed E-state index contributed by atoms with van der Waals surface area (Å²) in [6, 6.07) is 4.34. The summed E-state index contributed by atoms with van der Waals surface area (Å²) in [7, 11) is 0. The SMILES string of the molecule is NC1CCCC1CNc1ccc(Br)cn1. The van der Waals surface area contributed by atoms with E-state index in [4.69, 9.17) is 5.73 Å². The number of halogens is 1. The summed E-state index contributed by atoms with van der Waals surface area (Å²) in [5, 5.41) is 3.33. The van der Waals surface area contributed by atoms with Gasteiger partial charge in [0.05, 0.1) is 0 Å². The minimum absolute atomic E-state index is 0.368. The van der Waals surface area contributed by atoms with Gasteiger partial charge in [0, 0.05) is 23.3 Å². The lowest BCUT2D eigenvalue weighted by Gasteiger charge is -2.16. The van der Waals surface area contributed by atoms with Gasteiger partial charge >= 0.3 is 0 Å². The Labute approximate surface area is 98.6 Å². The highest BCUT2D eigenvalue weighted by Gasteiger charge is 2.23. The van der Waals surface area contributed by atoms with Gasteiger partial charge in [-0.05, 0) is 46.8 Å². The van der Waals surface area contributed by atoms with E-state index in [1.165, 1.54) is 19.3 Å². The van der Waals surface area contributed by atoms with Crippen molar-refractivity contribution < 1.29 is 0 Å². The minimum Gasteiger partial charge on any atom is -0.370 e. The van der Waals surface area contributed by atoms with E-state index in [0.29, 0.717) is 12.0 Å². The standard InChI is InChI=1S/C11H16BrN3/c12-9-4-5-11(15-7-9)14-6-8-2-1-3-10(8)13/h4-5,7-8,10H,1-3,6,13H2,(H,14,15). The predicted molar refractivity (Wildman–Crippen MR) is 65.7 cm³/mol. The number of nitrogens with zero attached hydrogens (tertiary/aromatic N) is 1. The first-order valence-corrected chi connectivity index (χ1v) is 6.16. The number of pyridine rings is 1. The highest BCUT2D eigenvalue weighted by Crippen LogP contribution is 2.24. The zero-order chi connectivity index (χ0) is 10.7. The Bertz CT molecular complexity index is 312. The number of rotatable bonds is 3. The molecular formula is C11H16BrN3. The predicted octanol–water partition coefficient (Wildman–Crippen LogP) is 2.38. The maximum Gasteiger partial charge on any atom is 0.125 e. The number of nitrogens with one attached hydrogen (secondary N) is 1. The van der Waals surface area contributed by atoms with E-state index in [1.54, 1.807) is 6.20 Å². The zero-order valence-corrected chi connectivity index (χ0v) is 10.2. The molecule has 3 nitrogen and oxygen atoms in total. The van der Waals surface area contributed by atoms with Crippen LogP contribution in [-0.2, 0) is 0 Å². The Hall–Kier alpha value is -0.610. The first-order chi connectivity index (χ1) is 7.25. The molecule has 0 spiro atoms. The summed E-state index contributed by atoms with van der Waals surface area (Å²) >= 11 is 3.36. The van der Waals surface area contributed by atoms with Crippen LogP contribution in [0.25, 0.3) is 0 Å². The number of hydrogen-bond acceptors (Lipinski definition) is 3. The molecule has 3 N–H and O–H groups in total. The molecule has 0 bridgehead atoms. The van der Waals surface area contributed by atoms with Crippen molar-refractivity contribution in [3.8, 4) is 0 Å². The smallest absolute Gasteiger partial charge is 0.125 e. The van der Waals surface area contributed by atoms with E-state index < -0.39 is 0 Å². The molecule has 1 aromatic rings. The van der Waals surface area contributed by atoms with Crippen LogP contribution in [0.3, 0.4) is 0 Å². The summed E-state index contributed by atoms with van der Waals surface area (Å²) in [4.78, 5) is 4.27. The lowest BCUT2D eigenvalue weighted by atomic mass is 10.1. The van der Waals surface area contributed by atoms with E-state index in [1.807, 2.05) is 12.1 Å². The van der Waals surface area contributed by atoms with Crippen LogP contribution in [0.5, 0.6) is 0 Å². The van der Waals surface area contributed by atoms with Gasteiger partial charge in [0.2, 0.25) is 0 Å². The van der Waals surface area contributed by atoms with Crippen LogP contribution in [0.2, 0.25) is 0 Å². The summed E-state index contributed by atoms with van der Waals surface area (Å²) in [6.45, 7) is 0.940. The van der Waals surface area contributed by atoms with Crippen LogP contribution in [0.1, 0.15) is 19.3 Å². The summed E-state index contributed by atoms with van der Waals surface area (Å²) in [5.74, 6) is 1.53. The van der Waals surface area contributed by atoms with Crippen molar-refractivity contribution in [3.05, 3.63) is 22.8 Å². The molecule has 1 aliphatic carbocycles. The average Bonchev–Trinajstić information content (AvgIpc) is 2.63. The molecule has 0 aliphatic heterocycles. The summed E-state index contributed by atoms with van der Waals surface area (Å²) < 4.78 is 1.01. The van der Waals surface area contributed by atoms with Crippen molar-refractivity contribution in [2.24, 2.45) is 11.7 Å². The molecule has 1 aliphatic rings. The second-order valence-corrected chi connectivity index (χ2v) is 5.01. The lowest BCUT2D eigenvalue weighted by Crippen LogP contribution is -2.29. The molecule has 1 aromatic heterocycles. The van der Waals surface area contributed by atoms with Crippen molar-refractivity contribution in [1.29, 1.82) is 0 Å². The molecule has 2 unspecified atom stereocenters. The Balaban J connectivity index is 1.85. The van der Waals surface area contributed by atoms with Crippen molar-refractivity contribution >= 4 is 21.7 Å². The van der Waals surface area contributed by atoms with Gasteiger partial charge in [-0.15, -0.1) is 0 Å². The Kier molecular flexibility index (Phi) is 3.59. The van der Waals surface area contributed by atoms with Gasteiger partial charge in [-0.3, -0.25) is 0 Å². The van der Waals surface area contributed by atoms with Crippen LogP contribution >= 0.6 is 15.9 Å². The van der Waals surface area contributed by atoms with Crippen LogP contribution in [0.4, 0.5) is 5.82 Å². The maximum absolute atomic E-state index is 6.00. The number of hydrogen-bond donors (Lipinski definition) is 2. The number of aromatic nitrogens is 1. The third-order valence-corrected chi connectivity index (χ3v) is 3.46. The lowest BCUT2D eigenvalue weighted by molar-refractivity contribution is 0.504. The maximum atomic E-state index is 6.00.